The third-order valence-corrected chi connectivity index (χ3v) is 3.66. The molecule has 0 amide bonds. The SMILES string of the molecule is O=[N+]([O-])c1ccc(N2CCc3cc(F)ccc3C2)c(F)c1. The van der Waals surface area contributed by atoms with Gasteiger partial charge in [0.2, 0.25) is 0 Å². The molecule has 3 rings (SSSR count). The molecule has 0 bridgehead atoms. The summed E-state index contributed by atoms with van der Waals surface area (Å²) in [6.45, 7) is 1.01. The Hall–Kier alpha value is -2.50. The Morgan fingerprint density at radius 2 is 1.90 bits per heavy atom. The van der Waals surface area contributed by atoms with Gasteiger partial charge in [-0.25, -0.2) is 8.78 Å². The molecule has 4 nitrogen and oxygen atoms in total. The lowest BCUT2D eigenvalue weighted by molar-refractivity contribution is -0.385. The fourth-order valence-corrected chi connectivity index (χ4v) is 2.59. The normalized spacial score (nSPS) is 13.9. The lowest BCUT2D eigenvalue weighted by atomic mass is 9.99. The molecule has 108 valence electrons. The van der Waals surface area contributed by atoms with Gasteiger partial charge in [-0.1, -0.05) is 6.07 Å². The molecule has 2 aromatic rings. The first-order valence-electron chi connectivity index (χ1n) is 6.51. The Morgan fingerprint density at radius 1 is 1.10 bits per heavy atom. The Balaban J connectivity index is 1.89. The van der Waals surface area contributed by atoms with Crippen LogP contribution in [0.25, 0.3) is 0 Å². The number of nitro benzene ring substituents is 1. The van der Waals surface area contributed by atoms with Gasteiger partial charge in [-0.15, -0.1) is 0 Å². The van der Waals surface area contributed by atoms with Crippen LogP contribution < -0.4 is 4.90 Å². The van der Waals surface area contributed by atoms with E-state index in [0.717, 1.165) is 17.2 Å². The van der Waals surface area contributed by atoms with E-state index >= 15 is 0 Å². The second-order valence-electron chi connectivity index (χ2n) is 4.98. The van der Waals surface area contributed by atoms with Gasteiger partial charge in [0, 0.05) is 19.2 Å². The fourth-order valence-electron chi connectivity index (χ4n) is 2.59. The molecular formula is C15H12F2N2O2. The number of hydrogen-bond acceptors (Lipinski definition) is 3. The molecule has 0 fully saturated rings. The Morgan fingerprint density at radius 3 is 2.62 bits per heavy atom. The number of halogens is 2. The third kappa shape index (κ3) is 2.56. The van der Waals surface area contributed by atoms with Crippen LogP contribution >= 0.6 is 0 Å². The van der Waals surface area contributed by atoms with Crippen LogP contribution in [0.3, 0.4) is 0 Å². The van der Waals surface area contributed by atoms with Crippen LogP contribution in [-0.4, -0.2) is 11.5 Å². The van der Waals surface area contributed by atoms with Crippen molar-refractivity contribution < 1.29 is 13.7 Å². The molecule has 0 radical (unpaired) electrons. The Bertz CT molecular complexity index is 719. The minimum absolute atomic E-state index is 0.268. The maximum atomic E-state index is 14.0. The van der Waals surface area contributed by atoms with Crippen LogP contribution in [0, 0.1) is 21.7 Å². The van der Waals surface area contributed by atoms with E-state index < -0.39 is 10.7 Å². The molecule has 6 heteroatoms. The summed E-state index contributed by atoms with van der Waals surface area (Å²) in [5.74, 6) is -0.890. The van der Waals surface area contributed by atoms with Gasteiger partial charge in [-0.2, -0.15) is 0 Å². The van der Waals surface area contributed by atoms with Gasteiger partial charge in [-0.05, 0) is 35.7 Å². The minimum Gasteiger partial charge on any atom is -0.364 e. The summed E-state index contributed by atoms with van der Waals surface area (Å²) in [6.07, 6.45) is 0.615. The van der Waals surface area contributed by atoms with Gasteiger partial charge < -0.3 is 4.90 Å². The van der Waals surface area contributed by atoms with Crippen molar-refractivity contribution in [2.75, 3.05) is 11.4 Å². The lowest BCUT2D eigenvalue weighted by Gasteiger charge is -2.30. The van der Waals surface area contributed by atoms with Gasteiger partial charge >= 0.3 is 0 Å². The summed E-state index contributed by atoms with van der Waals surface area (Å²) >= 11 is 0. The highest BCUT2D eigenvalue weighted by atomic mass is 19.1. The predicted molar refractivity (Wildman–Crippen MR) is 74.2 cm³/mol. The Labute approximate surface area is 119 Å². The lowest BCUT2D eigenvalue weighted by Crippen LogP contribution is -2.31. The van der Waals surface area contributed by atoms with Gasteiger partial charge in [0.05, 0.1) is 16.7 Å². The van der Waals surface area contributed by atoms with Crippen molar-refractivity contribution in [1.29, 1.82) is 0 Å². The molecule has 0 N–H and O–H groups in total. The monoisotopic (exact) mass is 290 g/mol. The quantitative estimate of drug-likeness (QED) is 0.628. The zero-order chi connectivity index (χ0) is 15.0. The number of benzene rings is 2. The molecule has 0 spiro atoms. The van der Waals surface area contributed by atoms with Crippen LogP contribution in [0.1, 0.15) is 11.1 Å². The summed E-state index contributed by atoms with van der Waals surface area (Å²) in [4.78, 5) is 11.8. The van der Waals surface area contributed by atoms with E-state index in [9.17, 15) is 18.9 Å². The molecule has 1 heterocycles. The molecule has 0 unspecified atom stereocenters. The first-order valence-corrected chi connectivity index (χ1v) is 6.51. The second kappa shape index (κ2) is 5.12. The number of rotatable bonds is 2. The number of non-ortho nitro benzene ring substituents is 1. The summed E-state index contributed by atoms with van der Waals surface area (Å²) < 4.78 is 27.2. The van der Waals surface area contributed by atoms with E-state index in [2.05, 4.69) is 0 Å². The standard InChI is InChI=1S/C15H12F2N2O2/c16-12-2-1-11-9-18(6-5-10(11)7-12)15-4-3-13(19(20)21)8-14(15)17/h1-4,7-8H,5-6,9H2. The zero-order valence-corrected chi connectivity index (χ0v) is 11.1. The van der Waals surface area contributed by atoms with Crippen molar-refractivity contribution in [2.45, 2.75) is 13.0 Å². The molecule has 0 saturated carbocycles. The van der Waals surface area contributed by atoms with Crippen LogP contribution in [0.2, 0.25) is 0 Å². The average molecular weight is 290 g/mol. The molecule has 2 aromatic carbocycles. The van der Waals surface area contributed by atoms with Gasteiger partial charge in [-0.3, -0.25) is 10.1 Å². The van der Waals surface area contributed by atoms with E-state index in [0.29, 0.717) is 25.2 Å². The van der Waals surface area contributed by atoms with Crippen molar-refractivity contribution in [1.82, 2.24) is 0 Å². The number of fused-ring (bicyclic) bond motifs is 1. The predicted octanol–water partition coefficient (Wildman–Crippen LogP) is 3.44. The van der Waals surface area contributed by atoms with Crippen molar-refractivity contribution >= 4 is 11.4 Å². The molecule has 0 saturated heterocycles. The van der Waals surface area contributed by atoms with Crippen LogP contribution in [0.5, 0.6) is 0 Å². The number of hydrogen-bond donors (Lipinski definition) is 0. The van der Waals surface area contributed by atoms with E-state index in [-0.39, 0.29) is 11.5 Å². The maximum Gasteiger partial charge on any atom is 0.272 e. The number of nitrogens with zero attached hydrogens (tertiary/aromatic N) is 2. The highest BCUT2D eigenvalue weighted by Crippen LogP contribution is 2.29. The van der Waals surface area contributed by atoms with Crippen molar-refractivity contribution in [3.05, 3.63) is 69.3 Å². The molecule has 0 atom stereocenters. The van der Waals surface area contributed by atoms with Gasteiger partial charge in [0.25, 0.3) is 5.69 Å². The molecular weight excluding hydrogens is 278 g/mol. The van der Waals surface area contributed by atoms with Gasteiger partial charge in [0.15, 0.2) is 5.82 Å². The first kappa shape index (κ1) is 13.5. The number of nitro groups is 1. The molecule has 0 aromatic heterocycles. The largest absolute Gasteiger partial charge is 0.364 e. The van der Waals surface area contributed by atoms with Crippen LogP contribution in [0.4, 0.5) is 20.2 Å². The second-order valence-corrected chi connectivity index (χ2v) is 4.98. The van der Waals surface area contributed by atoms with Crippen molar-refractivity contribution in [3.63, 3.8) is 0 Å². The van der Waals surface area contributed by atoms with Crippen molar-refractivity contribution in [2.24, 2.45) is 0 Å². The third-order valence-electron chi connectivity index (χ3n) is 3.66. The molecule has 1 aliphatic rings. The van der Waals surface area contributed by atoms with Crippen LogP contribution in [0.15, 0.2) is 36.4 Å². The highest BCUT2D eigenvalue weighted by molar-refractivity contribution is 5.54. The summed E-state index contributed by atoms with van der Waals surface area (Å²) in [5.41, 5.74) is 1.93. The van der Waals surface area contributed by atoms with E-state index in [1.165, 1.54) is 24.3 Å². The summed E-state index contributed by atoms with van der Waals surface area (Å²) in [7, 11) is 0. The minimum atomic E-state index is -0.624. The van der Waals surface area contributed by atoms with E-state index in [4.69, 9.17) is 0 Å². The average Bonchev–Trinajstić information content (AvgIpc) is 2.46. The summed E-state index contributed by atoms with van der Waals surface area (Å²) in [5, 5.41) is 10.6. The highest BCUT2D eigenvalue weighted by Gasteiger charge is 2.21. The van der Waals surface area contributed by atoms with E-state index in [1.54, 1.807) is 11.0 Å². The number of anilines is 1. The maximum absolute atomic E-state index is 14.0. The van der Waals surface area contributed by atoms with E-state index in [1.807, 2.05) is 0 Å². The smallest absolute Gasteiger partial charge is 0.272 e. The zero-order valence-electron chi connectivity index (χ0n) is 11.1. The Kier molecular flexibility index (Phi) is 3.29. The molecule has 1 aliphatic heterocycles. The fraction of sp³-hybridized carbons (Fsp3) is 0.200. The van der Waals surface area contributed by atoms with Crippen LogP contribution in [-0.2, 0) is 13.0 Å². The topological polar surface area (TPSA) is 46.4 Å². The summed E-state index contributed by atoms with van der Waals surface area (Å²) in [6, 6.07) is 8.21. The van der Waals surface area contributed by atoms with Crippen molar-refractivity contribution in [3.8, 4) is 0 Å². The van der Waals surface area contributed by atoms with Gasteiger partial charge in [0.1, 0.15) is 5.82 Å². The first-order chi connectivity index (χ1) is 10.0. The molecule has 0 aliphatic carbocycles. The molecule has 21 heavy (non-hydrogen) atoms.